The largest absolute Gasteiger partial charge is 0.354 e. The second-order valence-corrected chi connectivity index (χ2v) is 4.43. The predicted octanol–water partition coefficient (Wildman–Crippen LogP) is 0.489. The predicted molar refractivity (Wildman–Crippen MR) is 65.6 cm³/mol. The molecule has 2 atom stereocenters. The van der Waals surface area contributed by atoms with E-state index in [4.69, 9.17) is 11.6 Å². The van der Waals surface area contributed by atoms with Crippen molar-refractivity contribution >= 4 is 17.5 Å². The summed E-state index contributed by atoms with van der Waals surface area (Å²) in [5.41, 5.74) is 1.14. The molecule has 0 saturated heterocycles. The second kappa shape index (κ2) is 5.87. The first-order valence-corrected chi connectivity index (χ1v) is 5.70. The summed E-state index contributed by atoms with van der Waals surface area (Å²) in [6.45, 7) is 2.70. The molecule has 0 aliphatic heterocycles. The summed E-state index contributed by atoms with van der Waals surface area (Å²) in [4.78, 5) is 12.6. The van der Waals surface area contributed by atoms with E-state index >= 15 is 0 Å². The number of carbonyl (C=O) groups excluding carboxylic acids is 1. The molecule has 1 aromatic carbocycles. The molecular formula is C12H18ClN2O+. The van der Waals surface area contributed by atoms with Gasteiger partial charge in [0, 0.05) is 17.6 Å². The highest BCUT2D eigenvalue weighted by atomic mass is 35.5. The number of carbonyl (C=O) groups is 1. The zero-order chi connectivity index (χ0) is 12.1. The minimum absolute atomic E-state index is 0.0551. The van der Waals surface area contributed by atoms with Gasteiger partial charge in [0.25, 0.3) is 5.91 Å². The van der Waals surface area contributed by atoms with Crippen LogP contribution in [0.2, 0.25) is 5.02 Å². The van der Waals surface area contributed by atoms with Crippen LogP contribution in [0.3, 0.4) is 0 Å². The minimum Gasteiger partial charge on any atom is -0.354 e. The van der Waals surface area contributed by atoms with Crippen LogP contribution >= 0.6 is 11.6 Å². The lowest BCUT2D eigenvalue weighted by Crippen LogP contribution is -3.12. The van der Waals surface area contributed by atoms with Gasteiger partial charge in [-0.05, 0) is 19.1 Å². The van der Waals surface area contributed by atoms with Gasteiger partial charge in [0.05, 0.1) is 7.05 Å². The minimum atomic E-state index is -0.0658. The van der Waals surface area contributed by atoms with E-state index in [-0.39, 0.29) is 11.9 Å². The van der Waals surface area contributed by atoms with Crippen molar-refractivity contribution in [3.05, 3.63) is 34.9 Å². The molecule has 1 aromatic rings. The van der Waals surface area contributed by atoms with Gasteiger partial charge in [-0.1, -0.05) is 23.7 Å². The number of halogens is 1. The van der Waals surface area contributed by atoms with Crippen LogP contribution in [0.4, 0.5) is 0 Å². The van der Waals surface area contributed by atoms with Gasteiger partial charge >= 0.3 is 0 Å². The Morgan fingerprint density at radius 1 is 1.56 bits per heavy atom. The van der Waals surface area contributed by atoms with Crippen molar-refractivity contribution in [1.29, 1.82) is 0 Å². The average molecular weight is 242 g/mol. The van der Waals surface area contributed by atoms with Crippen LogP contribution in [0.15, 0.2) is 24.3 Å². The molecule has 0 bridgehead atoms. The standard InChI is InChI=1S/C12H17ClN2O/c1-9(12(16)14-2)15(3)8-10-5-4-6-11(13)7-10/h4-7,9H,8H2,1-3H3,(H,14,16)/p+1/t9-/m0/s1. The maximum atomic E-state index is 11.5. The zero-order valence-corrected chi connectivity index (χ0v) is 10.6. The number of likely N-dealkylation sites (N-methyl/N-ethyl adjacent to an activating group) is 2. The van der Waals surface area contributed by atoms with Crippen molar-refractivity contribution in [3.8, 4) is 0 Å². The van der Waals surface area contributed by atoms with E-state index in [0.717, 1.165) is 22.0 Å². The van der Waals surface area contributed by atoms with Crippen LogP contribution in [0.1, 0.15) is 12.5 Å². The van der Waals surface area contributed by atoms with Crippen LogP contribution in [-0.4, -0.2) is 26.0 Å². The maximum absolute atomic E-state index is 11.5. The fourth-order valence-corrected chi connectivity index (χ4v) is 1.78. The molecular weight excluding hydrogens is 224 g/mol. The summed E-state index contributed by atoms with van der Waals surface area (Å²) < 4.78 is 0. The molecule has 3 nitrogen and oxygen atoms in total. The van der Waals surface area contributed by atoms with E-state index in [9.17, 15) is 4.79 Å². The molecule has 0 radical (unpaired) electrons. The summed E-state index contributed by atoms with van der Waals surface area (Å²) in [7, 11) is 3.66. The number of benzene rings is 1. The summed E-state index contributed by atoms with van der Waals surface area (Å²) in [6, 6.07) is 7.66. The summed E-state index contributed by atoms with van der Waals surface area (Å²) in [5.74, 6) is 0.0551. The third-order valence-electron chi connectivity index (χ3n) is 2.75. The van der Waals surface area contributed by atoms with E-state index in [1.54, 1.807) is 7.05 Å². The van der Waals surface area contributed by atoms with Gasteiger partial charge in [-0.25, -0.2) is 0 Å². The molecule has 4 heteroatoms. The average Bonchev–Trinajstić information content (AvgIpc) is 2.27. The van der Waals surface area contributed by atoms with Gasteiger partial charge in [0.1, 0.15) is 6.54 Å². The van der Waals surface area contributed by atoms with Crippen molar-refractivity contribution in [1.82, 2.24) is 5.32 Å². The molecule has 0 spiro atoms. The van der Waals surface area contributed by atoms with E-state index in [2.05, 4.69) is 5.32 Å². The topological polar surface area (TPSA) is 33.5 Å². The van der Waals surface area contributed by atoms with Crippen molar-refractivity contribution in [3.63, 3.8) is 0 Å². The van der Waals surface area contributed by atoms with Gasteiger partial charge in [-0.15, -0.1) is 0 Å². The van der Waals surface area contributed by atoms with Gasteiger partial charge in [0.15, 0.2) is 6.04 Å². The molecule has 0 aromatic heterocycles. The number of rotatable bonds is 4. The Hall–Kier alpha value is -1.06. The highest BCUT2D eigenvalue weighted by Gasteiger charge is 2.20. The Bertz CT molecular complexity index is 368. The molecule has 16 heavy (non-hydrogen) atoms. The SMILES string of the molecule is CNC(=O)[C@H](C)[NH+](C)Cc1cccc(Cl)c1. The molecule has 0 aliphatic rings. The van der Waals surface area contributed by atoms with Crippen LogP contribution in [-0.2, 0) is 11.3 Å². The van der Waals surface area contributed by atoms with Crippen molar-refractivity contribution in [2.75, 3.05) is 14.1 Å². The smallest absolute Gasteiger partial charge is 0.277 e. The Morgan fingerprint density at radius 3 is 2.81 bits per heavy atom. The second-order valence-electron chi connectivity index (χ2n) is 3.99. The van der Waals surface area contributed by atoms with Gasteiger partial charge in [-0.3, -0.25) is 4.79 Å². The number of hydrogen-bond donors (Lipinski definition) is 2. The highest BCUT2D eigenvalue weighted by Crippen LogP contribution is 2.09. The molecule has 0 heterocycles. The first-order chi connectivity index (χ1) is 7.54. The summed E-state index contributed by atoms with van der Waals surface area (Å²) >= 11 is 5.91. The van der Waals surface area contributed by atoms with Crippen LogP contribution in [0, 0.1) is 0 Å². The molecule has 0 fully saturated rings. The molecule has 88 valence electrons. The first-order valence-electron chi connectivity index (χ1n) is 5.33. The van der Waals surface area contributed by atoms with Crippen LogP contribution in [0.5, 0.6) is 0 Å². The molecule has 1 amide bonds. The molecule has 2 N–H and O–H groups in total. The highest BCUT2D eigenvalue weighted by molar-refractivity contribution is 6.30. The normalized spacial score (nSPS) is 14.2. The third-order valence-corrected chi connectivity index (χ3v) is 2.99. The number of amides is 1. The van der Waals surface area contributed by atoms with E-state index < -0.39 is 0 Å². The lowest BCUT2D eigenvalue weighted by Gasteiger charge is -2.20. The van der Waals surface area contributed by atoms with Crippen molar-refractivity contribution < 1.29 is 9.69 Å². The third kappa shape index (κ3) is 3.51. The Kier molecular flexibility index (Phi) is 4.77. The Morgan fingerprint density at radius 2 is 2.25 bits per heavy atom. The fraction of sp³-hybridized carbons (Fsp3) is 0.417. The van der Waals surface area contributed by atoms with E-state index in [0.29, 0.717) is 0 Å². The summed E-state index contributed by atoms with van der Waals surface area (Å²) in [6.07, 6.45) is 0. The monoisotopic (exact) mass is 241 g/mol. The van der Waals surface area contributed by atoms with Gasteiger partial charge < -0.3 is 10.2 Å². The van der Waals surface area contributed by atoms with Crippen LogP contribution in [0.25, 0.3) is 0 Å². The Labute approximate surface area is 101 Å². The molecule has 1 rings (SSSR count). The van der Waals surface area contributed by atoms with Crippen molar-refractivity contribution in [2.24, 2.45) is 0 Å². The lowest BCUT2D eigenvalue weighted by atomic mass is 10.2. The van der Waals surface area contributed by atoms with Gasteiger partial charge in [-0.2, -0.15) is 0 Å². The van der Waals surface area contributed by atoms with Crippen LogP contribution < -0.4 is 10.2 Å². The van der Waals surface area contributed by atoms with Crippen molar-refractivity contribution in [2.45, 2.75) is 19.5 Å². The van der Waals surface area contributed by atoms with E-state index in [1.165, 1.54) is 0 Å². The summed E-state index contributed by atoms with van der Waals surface area (Å²) in [5, 5.41) is 3.39. The molecule has 1 unspecified atom stereocenters. The molecule has 0 aliphatic carbocycles. The Balaban J connectivity index is 2.64. The quantitative estimate of drug-likeness (QED) is 0.791. The first kappa shape index (κ1) is 13.0. The number of hydrogen-bond acceptors (Lipinski definition) is 1. The maximum Gasteiger partial charge on any atom is 0.277 e. The number of nitrogens with one attached hydrogen (secondary N) is 2. The zero-order valence-electron chi connectivity index (χ0n) is 9.88. The lowest BCUT2D eigenvalue weighted by molar-refractivity contribution is -0.908. The molecule has 0 saturated carbocycles. The van der Waals surface area contributed by atoms with Gasteiger partial charge in [0.2, 0.25) is 0 Å². The fourth-order valence-electron chi connectivity index (χ4n) is 1.56. The number of quaternary nitrogens is 1. The van der Waals surface area contributed by atoms with E-state index in [1.807, 2.05) is 38.2 Å².